The number of carbonyl (C=O) groups is 1. The van der Waals surface area contributed by atoms with Gasteiger partial charge in [-0.25, -0.2) is 4.68 Å². The van der Waals surface area contributed by atoms with Crippen LogP contribution in [-0.2, 0) is 22.5 Å². The summed E-state index contributed by atoms with van der Waals surface area (Å²) in [4.78, 5) is 14.7. The Kier molecular flexibility index (Phi) is 7.53. The second-order valence-electron chi connectivity index (χ2n) is 8.16. The lowest BCUT2D eigenvalue weighted by Gasteiger charge is -2.25. The summed E-state index contributed by atoms with van der Waals surface area (Å²) in [6.07, 6.45) is 6.73. The van der Waals surface area contributed by atoms with E-state index in [0.29, 0.717) is 26.1 Å². The van der Waals surface area contributed by atoms with E-state index in [9.17, 15) is 9.90 Å². The molecule has 3 aromatic rings. The van der Waals surface area contributed by atoms with Crippen LogP contribution in [0.3, 0.4) is 0 Å². The van der Waals surface area contributed by atoms with Gasteiger partial charge >= 0.3 is 0 Å². The van der Waals surface area contributed by atoms with Crippen LogP contribution < -0.4 is 5.32 Å². The van der Waals surface area contributed by atoms with Crippen LogP contribution in [0.15, 0.2) is 67.0 Å². The lowest BCUT2D eigenvalue weighted by molar-refractivity contribution is -0.122. The highest BCUT2D eigenvalue weighted by Gasteiger charge is 2.21. The first kappa shape index (κ1) is 22.0. The van der Waals surface area contributed by atoms with Gasteiger partial charge in [0.15, 0.2) is 0 Å². The molecule has 0 aliphatic carbocycles. The predicted octanol–water partition coefficient (Wildman–Crippen LogP) is 2.92. The molecule has 4 rings (SSSR count). The van der Waals surface area contributed by atoms with Gasteiger partial charge in [0, 0.05) is 38.0 Å². The molecular weight excluding hydrogens is 404 g/mol. The summed E-state index contributed by atoms with van der Waals surface area (Å²) in [5.41, 5.74) is 2.89. The average Bonchev–Trinajstić information content (AvgIpc) is 3.48. The summed E-state index contributed by atoms with van der Waals surface area (Å²) >= 11 is 0. The third kappa shape index (κ3) is 6.18. The smallest absolute Gasteiger partial charge is 0.234 e. The summed E-state index contributed by atoms with van der Waals surface area (Å²) < 4.78 is 7.61. The summed E-state index contributed by atoms with van der Waals surface area (Å²) in [5.74, 6) is 0.217. The molecule has 1 aliphatic rings. The standard InChI is InChI=1S/C25H30N4O3/c30-24-11-5-4-7-21(24)17-28(18-23-10-6-14-32-23)19-25(31)26-13-12-20-15-27-29(16-20)22-8-2-1-3-9-22/h1-5,7-9,11,15-16,23,30H,6,10,12-14,17-19H2,(H,26,31). The Hall–Kier alpha value is -3.16. The molecule has 2 N–H and O–H groups in total. The summed E-state index contributed by atoms with van der Waals surface area (Å²) in [6, 6.07) is 17.2. The lowest BCUT2D eigenvalue weighted by Crippen LogP contribution is -2.41. The van der Waals surface area contributed by atoms with Crippen LogP contribution >= 0.6 is 0 Å². The molecule has 0 spiro atoms. The van der Waals surface area contributed by atoms with Crippen LogP contribution in [0.1, 0.15) is 24.0 Å². The van der Waals surface area contributed by atoms with Crippen LogP contribution in [0.2, 0.25) is 0 Å². The maximum atomic E-state index is 12.6. The van der Waals surface area contributed by atoms with Crippen molar-refractivity contribution in [1.82, 2.24) is 20.0 Å². The Balaban J connectivity index is 1.29. The zero-order valence-electron chi connectivity index (χ0n) is 18.2. The minimum absolute atomic E-state index is 0.0335. The number of phenolic OH excluding ortho intramolecular Hbond substituents is 1. The van der Waals surface area contributed by atoms with Crippen molar-refractivity contribution in [3.8, 4) is 11.4 Å². The molecule has 1 unspecified atom stereocenters. The van der Waals surface area contributed by atoms with E-state index in [4.69, 9.17) is 4.74 Å². The van der Waals surface area contributed by atoms with Crippen LogP contribution in [0.5, 0.6) is 5.75 Å². The largest absolute Gasteiger partial charge is 0.508 e. The number of hydrogen-bond donors (Lipinski definition) is 2. The second-order valence-corrected chi connectivity index (χ2v) is 8.16. The highest BCUT2D eigenvalue weighted by atomic mass is 16.5. The van der Waals surface area contributed by atoms with E-state index in [1.165, 1.54) is 0 Å². The number of benzene rings is 2. The SMILES string of the molecule is O=C(CN(Cc1ccccc1O)CC1CCCO1)NCCc1cnn(-c2ccccc2)c1. The maximum Gasteiger partial charge on any atom is 0.234 e. The molecule has 1 amide bonds. The summed E-state index contributed by atoms with van der Waals surface area (Å²) in [5, 5.41) is 17.6. The first-order valence-electron chi connectivity index (χ1n) is 11.1. The van der Waals surface area contributed by atoms with Gasteiger partial charge in [0.25, 0.3) is 0 Å². The van der Waals surface area contributed by atoms with Crippen LogP contribution in [0, 0.1) is 0 Å². The van der Waals surface area contributed by atoms with Crippen molar-refractivity contribution in [2.75, 3.05) is 26.2 Å². The average molecular weight is 435 g/mol. The fraction of sp³-hybridized carbons (Fsp3) is 0.360. The Morgan fingerprint density at radius 3 is 2.78 bits per heavy atom. The van der Waals surface area contributed by atoms with Crippen molar-refractivity contribution in [2.45, 2.75) is 31.9 Å². The topological polar surface area (TPSA) is 79.6 Å². The number of nitrogens with zero attached hydrogens (tertiary/aromatic N) is 3. The quantitative estimate of drug-likeness (QED) is 0.513. The van der Waals surface area contributed by atoms with E-state index < -0.39 is 0 Å². The molecular formula is C25H30N4O3. The predicted molar refractivity (Wildman–Crippen MR) is 123 cm³/mol. The first-order chi connectivity index (χ1) is 15.7. The molecule has 1 aromatic heterocycles. The Bertz CT molecular complexity index is 999. The first-order valence-corrected chi connectivity index (χ1v) is 11.1. The number of nitrogens with one attached hydrogen (secondary N) is 1. The molecule has 1 atom stereocenters. The van der Waals surface area contributed by atoms with E-state index in [0.717, 1.165) is 36.3 Å². The van der Waals surface area contributed by atoms with Gasteiger partial charge in [0.2, 0.25) is 5.91 Å². The number of para-hydroxylation sites is 2. The van der Waals surface area contributed by atoms with Gasteiger partial charge < -0.3 is 15.2 Å². The van der Waals surface area contributed by atoms with Crippen LogP contribution in [-0.4, -0.2) is 58.0 Å². The van der Waals surface area contributed by atoms with Crippen LogP contribution in [0.4, 0.5) is 0 Å². The van der Waals surface area contributed by atoms with Crippen molar-refractivity contribution >= 4 is 5.91 Å². The minimum Gasteiger partial charge on any atom is -0.508 e. The van der Waals surface area contributed by atoms with Crippen LogP contribution in [0.25, 0.3) is 5.69 Å². The Labute approximate surface area is 188 Å². The van der Waals surface area contributed by atoms with E-state index in [1.807, 2.05) is 64.4 Å². The van der Waals surface area contributed by atoms with E-state index >= 15 is 0 Å². The van der Waals surface area contributed by atoms with Crippen molar-refractivity contribution in [3.05, 3.63) is 78.1 Å². The second kappa shape index (κ2) is 10.9. The highest BCUT2D eigenvalue weighted by molar-refractivity contribution is 5.78. The summed E-state index contributed by atoms with van der Waals surface area (Å²) in [7, 11) is 0. The zero-order chi connectivity index (χ0) is 22.2. The lowest BCUT2D eigenvalue weighted by atomic mass is 10.1. The number of rotatable bonds is 10. The molecule has 1 aliphatic heterocycles. The molecule has 2 heterocycles. The molecule has 32 heavy (non-hydrogen) atoms. The van der Waals surface area contributed by atoms with E-state index in [2.05, 4.69) is 10.4 Å². The fourth-order valence-corrected chi connectivity index (χ4v) is 3.96. The molecule has 1 saturated heterocycles. The third-order valence-electron chi connectivity index (χ3n) is 5.63. The van der Waals surface area contributed by atoms with Crippen molar-refractivity contribution in [1.29, 1.82) is 0 Å². The monoisotopic (exact) mass is 434 g/mol. The van der Waals surface area contributed by atoms with Gasteiger partial charge in [-0.1, -0.05) is 36.4 Å². The van der Waals surface area contributed by atoms with Gasteiger partial charge in [-0.15, -0.1) is 0 Å². The van der Waals surface area contributed by atoms with Crippen molar-refractivity contribution in [3.63, 3.8) is 0 Å². The van der Waals surface area contributed by atoms with Gasteiger partial charge in [0.05, 0.1) is 24.5 Å². The molecule has 0 bridgehead atoms. The van der Waals surface area contributed by atoms with Gasteiger partial charge in [-0.2, -0.15) is 5.10 Å². The molecule has 168 valence electrons. The number of carbonyl (C=O) groups excluding carboxylic acids is 1. The number of ether oxygens (including phenoxy) is 1. The van der Waals surface area contributed by atoms with Gasteiger partial charge in [0.1, 0.15) is 5.75 Å². The highest BCUT2D eigenvalue weighted by Crippen LogP contribution is 2.20. The molecule has 2 aromatic carbocycles. The Morgan fingerprint density at radius 2 is 2.00 bits per heavy atom. The fourth-order valence-electron chi connectivity index (χ4n) is 3.96. The number of aromatic nitrogens is 2. The number of amides is 1. The van der Waals surface area contributed by atoms with Crippen molar-refractivity contribution < 1.29 is 14.6 Å². The van der Waals surface area contributed by atoms with E-state index in [1.54, 1.807) is 12.1 Å². The molecule has 7 nitrogen and oxygen atoms in total. The Morgan fingerprint density at radius 1 is 1.19 bits per heavy atom. The number of phenols is 1. The molecule has 0 radical (unpaired) electrons. The molecule has 0 saturated carbocycles. The van der Waals surface area contributed by atoms with Gasteiger partial charge in [-0.05, 0) is 43.0 Å². The number of hydrogen-bond acceptors (Lipinski definition) is 5. The van der Waals surface area contributed by atoms with Gasteiger partial charge in [-0.3, -0.25) is 9.69 Å². The third-order valence-corrected chi connectivity index (χ3v) is 5.63. The molecule has 1 fully saturated rings. The zero-order valence-corrected chi connectivity index (χ0v) is 18.2. The minimum atomic E-state index is -0.0335. The van der Waals surface area contributed by atoms with Crippen molar-refractivity contribution in [2.24, 2.45) is 0 Å². The normalized spacial score (nSPS) is 15.8. The molecule has 7 heteroatoms. The van der Waals surface area contributed by atoms with E-state index in [-0.39, 0.29) is 24.3 Å². The number of aromatic hydroxyl groups is 1. The summed E-state index contributed by atoms with van der Waals surface area (Å²) in [6.45, 7) is 2.76. The maximum absolute atomic E-state index is 12.6.